The van der Waals surface area contributed by atoms with Gasteiger partial charge in [0.15, 0.2) is 0 Å². The Bertz CT molecular complexity index is 2880. The van der Waals surface area contributed by atoms with E-state index in [-0.39, 0.29) is 34.1 Å². The molecule has 10 nitrogen and oxygen atoms in total. The van der Waals surface area contributed by atoms with Crippen LogP contribution in [0.5, 0.6) is 34.5 Å². The second-order valence-electron chi connectivity index (χ2n) is 22.4. The Morgan fingerprint density at radius 3 is 0.857 bits per heavy atom. The fourth-order valence-corrected chi connectivity index (χ4v) is 10.4. The summed E-state index contributed by atoms with van der Waals surface area (Å²) in [5.41, 5.74) is 1.22. The van der Waals surface area contributed by atoms with Crippen molar-refractivity contribution in [2.45, 2.75) is 194 Å². The van der Waals surface area contributed by atoms with Crippen molar-refractivity contribution in [2.75, 3.05) is 13.2 Å². The van der Waals surface area contributed by atoms with Gasteiger partial charge in [-0.05, 0) is 144 Å². The van der Waals surface area contributed by atoms with Crippen LogP contribution in [0.25, 0.3) is 21.5 Å². The molecule has 0 bridgehead atoms. The van der Waals surface area contributed by atoms with Crippen molar-refractivity contribution in [1.29, 1.82) is 0 Å². The van der Waals surface area contributed by atoms with E-state index >= 15 is 0 Å². The second-order valence-corrected chi connectivity index (χ2v) is 22.4. The van der Waals surface area contributed by atoms with Gasteiger partial charge in [-0.15, -0.1) is 0 Å². The first-order valence-electron chi connectivity index (χ1n) is 31.8. The molecule has 0 unspecified atom stereocenters. The second kappa shape index (κ2) is 37.0. The Balaban J connectivity index is 0.765. The fourth-order valence-electron chi connectivity index (χ4n) is 10.4. The summed E-state index contributed by atoms with van der Waals surface area (Å²) in [5, 5.41) is 3.71. The first kappa shape index (κ1) is 64.1. The van der Waals surface area contributed by atoms with E-state index < -0.39 is 23.9 Å². The monoisotopic (exact) mass is 1140 g/mol. The Morgan fingerprint density at radius 2 is 0.512 bits per heavy atom. The summed E-state index contributed by atoms with van der Waals surface area (Å²) in [5.74, 6) is 0.0756. The van der Waals surface area contributed by atoms with Crippen LogP contribution >= 0.6 is 0 Å². The number of benzene rings is 7. The first-order valence-corrected chi connectivity index (χ1v) is 31.8. The summed E-state index contributed by atoms with van der Waals surface area (Å²) < 4.78 is 34.6. The van der Waals surface area contributed by atoms with Crippen LogP contribution in [0.15, 0.2) is 146 Å². The highest BCUT2D eigenvalue weighted by atomic mass is 16.6. The van der Waals surface area contributed by atoms with Crippen LogP contribution in [-0.4, -0.2) is 37.1 Å². The van der Waals surface area contributed by atoms with Crippen molar-refractivity contribution in [3.63, 3.8) is 0 Å². The van der Waals surface area contributed by atoms with Gasteiger partial charge in [-0.1, -0.05) is 211 Å². The lowest BCUT2D eigenvalue weighted by Gasteiger charge is -2.10. The van der Waals surface area contributed by atoms with Crippen LogP contribution in [-0.2, 0) is 0 Å². The zero-order valence-electron chi connectivity index (χ0n) is 50.2. The number of hydrogen-bond donors (Lipinski definition) is 0. The maximum Gasteiger partial charge on any atom is 0.343 e. The smallest absolute Gasteiger partial charge is 0.343 e. The lowest BCUT2D eigenvalue weighted by Crippen LogP contribution is -2.11. The summed E-state index contributed by atoms with van der Waals surface area (Å²) in [6.45, 7) is 5.91. The lowest BCUT2D eigenvalue weighted by atomic mass is 10.0. The normalized spacial score (nSPS) is 11.2. The summed E-state index contributed by atoms with van der Waals surface area (Å²) in [6, 6.07) is 40.8. The molecule has 0 aliphatic carbocycles. The molecular weight excluding hydrogens is 1050 g/mol. The summed E-state index contributed by atoms with van der Waals surface area (Å²) >= 11 is 0. The molecule has 0 atom stereocenters. The Morgan fingerprint density at radius 1 is 0.250 bits per heavy atom. The van der Waals surface area contributed by atoms with Gasteiger partial charge in [0.05, 0.1) is 35.5 Å². The number of carbonyl (C=O) groups excluding carboxylic acids is 4. The van der Waals surface area contributed by atoms with Gasteiger partial charge in [0, 0.05) is 6.07 Å². The van der Waals surface area contributed by atoms with Crippen LogP contribution in [0.1, 0.15) is 235 Å². The van der Waals surface area contributed by atoms with Gasteiger partial charge in [-0.2, -0.15) is 0 Å². The molecule has 0 fully saturated rings. The van der Waals surface area contributed by atoms with E-state index in [0.29, 0.717) is 24.3 Å². The third-order valence-corrected chi connectivity index (χ3v) is 15.5. The van der Waals surface area contributed by atoms with E-state index in [1.807, 2.05) is 48.5 Å². The van der Waals surface area contributed by atoms with Crippen molar-refractivity contribution < 1.29 is 47.6 Å². The minimum atomic E-state index is -0.660. The van der Waals surface area contributed by atoms with E-state index in [0.717, 1.165) is 45.9 Å². The van der Waals surface area contributed by atoms with Gasteiger partial charge in [0.1, 0.15) is 34.5 Å². The Hall–Kier alpha value is -7.46. The highest BCUT2D eigenvalue weighted by molar-refractivity contribution is 5.98. The molecule has 0 spiro atoms. The molecule has 10 heteroatoms. The third-order valence-electron chi connectivity index (χ3n) is 15.5. The van der Waals surface area contributed by atoms with Crippen molar-refractivity contribution in [3.8, 4) is 34.5 Å². The molecule has 446 valence electrons. The molecule has 0 radical (unpaired) electrons. The molecule has 84 heavy (non-hydrogen) atoms. The molecule has 7 aromatic carbocycles. The van der Waals surface area contributed by atoms with E-state index in [1.54, 1.807) is 42.5 Å². The molecule has 0 saturated heterocycles. The molecule has 0 N–H and O–H groups in total. The van der Waals surface area contributed by atoms with Crippen molar-refractivity contribution in [3.05, 3.63) is 168 Å². The van der Waals surface area contributed by atoms with Gasteiger partial charge in [0.2, 0.25) is 0 Å². The largest absolute Gasteiger partial charge is 0.494 e. The fraction of sp³-hybridized carbons (Fsp3) is 0.432. The number of esters is 4. The summed E-state index contributed by atoms with van der Waals surface area (Å²) in [7, 11) is 0. The van der Waals surface area contributed by atoms with Gasteiger partial charge < -0.3 is 28.4 Å². The van der Waals surface area contributed by atoms with Crippen LogP contribution < -0.4 is 28.4 Å². The maximum atomic E-state index is 13.2. The van der Waals surface area contributed by atoms with Gasteiger partial charge in [-0.3, -0.25) is 0 Å². The standard InChI is InChI=1S/C74H90O10/c1-3-5-7-9-11-13-15-17-19-21-23-25-27-29-50-79-67-48-42-59-52-63(36-34-61(59)54-67)73(77)81-65-44-38-57(39-45-65)71(75)83-69-32-31-33-70(56-69)84-72(76)58-40-46-66(47-41-58)82-74(78)64-37-35-62-55-68(49-43-60(62)53-64)80-51-30-28-26-24-22-20-18-16-14-12-10-8-6-4-2/h31-49,52-56H,3-30,50-51H2,1-2H3. The molecule has 0 saturated carbocycles. The van der Waals surface area contributed by atoms with Crippen LogP contribution in [0.4, 0.5) is 0 Å². The van der Waals surface area contributed by atoms with Gasteiger partial charge in [0.25, 0.3) is 0 Å². The number of fused-ring (bicyclic) bond motifs is 2. The number of rotatable bonds is 40. The molecule has 0 aromatic heterocycles. The average molecular weight is 1140 g/mol. The highest BCUT2D eigenvalue weighted by Gasteiger charge is 2.16. The van der Waals surface area contributed by atoms with Crippen molar-refractivity contribution in [1.82, 2.24) is 0 Å². The molecule has 7 rings (SSSR count). The maximum absolute atomic E-state index is 13.2. The number of unbranched alkanes of at least 4 members (excludes halogenated alkanes) is 26. The van der Waals surface area contributed by atoms with Crippen molar-refractivity contribution >= 4 is 45.4 Å². The SMILES string of the molecule is CCCCCCCCCCCCCCCCOc1ccc2cc(C(=O)Oc3ccc(C(=O)Oc4cccc(OC(=O)c5ccc(OC(=O)c6ccc7cc(OCCCCCCCCCCCCCCCC)ccc7c6)cc5)c4)cc3)ccc2c1. The average Bonchev–Trinajstić information content (AvgIpc) is 3.71. The molecule has 0 amide bonds. The first-order chi connectivity index (χ1) is 41.2. The Kier molecular flexibility index (Phi) is 28.2. The minimum absolute atomic E-state index is 0.154. The molecule has 0 aliphatic rings. The predicted molar refractivity (Wildman–Crippen MR) is 339 cm³/mol. The van der Waals surface area contributed by atoms with E-state index in [4.69, 9.17) is 28.4 Å². The quantitative estimate of drug-likeness (QED) is 0.0208. The summed E-state index contributed by atoms with van der Waals surface area (Å²) in [6.07, 6.45) is 37.0. The zero-order valence-corrected chi connectivity index (χ0v) is 50.2. The Labute approximate surface area is 499 Å². The van der Waals surface area contributed by atoms with Crippen LogP contribution in [0.2, 0.25) is 0 Å². The van der Waals surface area contributed by atoms with E-state index in [1.165, 1.54) is 222 Å². The molecule has 0 heterocycles. The number of carbonyl (C=O) groups is 4. The third kappa shape index (κ3) is 22.9. The minimum Gasteiger partial charge on any atom is -0.494 e. The molecule has 7 aromatic rings. The lowest BCUT2D eigenvalue weighted by molar-refractivity contribution is 0.0723. The van der Waals surface area contributed by atoms with Crippen LogP contribution in [0, 0.1) is 0 Å². The molecular formula is C74H90O10. The highest BCUT2D eigenvalue weighted by Crippen LogP contribution is 2.28. The van der Waals surface area contributed by atoms with Crippen LogP contribution in [0.3, 0.4) is 0 Å². The zero-order chi connectivity index (χ0) is 58.8. The summed E-state index contributed by atoms with van der Waals surface area (Å²) in [4.78, 5) is 52.6. The topological polar surface area (TPSA) is 124 Å². The number of ether oxygens (including phenoxy) is 6. The molecule has 0 aliphatic heterocycles. The number of hydrogen-bond acceptors (Lipinski definition) is 10. The van der Waals surface area contributed by atoms with Crippen molar-refractivity contribution in [2.24, 2.45) is 0 Å². The van der Waals surface area contributed by atoms with Gasteiger partial charge in [-0.25, -0.2) is 19.2 Å². The van der Waals surface area contributed by atoms with Gasteiger partial charge >= 0.3 is 23.9 Å². The van der Waals surface area contributed by atoms with E-state index in [2.05, 4.69) is 13.8 Å². The predicted octanol–water partition coefficient (Wildman–Crippen LogP) is 20.6. The van der Waals surface area contributed by atoms with E-state index in [9.17, 15) is 19.2 Å².